The van der Waals surface area contributed by atoms with Crippen LogP contribution in [0.3, 0.4) is 0 Å². The molecule has 1 aliphatic heterocycles. The topological polar surface area (TPSA) is 110 Å². The average Bonchev–Trinajstić information content (AvgIpc) is 2.72. The fourth-order valence-electron chi connectivity index (χ4n) is 3.46. The summed E-state index contributed by atoms with van der Waals surface area (Å²) in [5.74, 6) is -0.816. The molecule has 0 aliphatic carbocycles. The third kappa shape index (κ3) is 3.58. The summed E-state index contributed by atoms with van der Waals surface area (Å²) in [6.07, 6.45) is 0. The lowest BCUT2D eigenvalue weighted by atomic mass is 9.98. The Morgan fingerprint density at radius 3 is 2.30 bits per heavy atom. The van der Waals surface area contributed by atoms with Crippen molar-refractivity contribution >= 4 is 33.2 Å². The van der Waals surface area contributed by atoms with E-state index in [1.807, 2.05) is 25.1 Å². The van der Waals surface area contributed by atoms with E-state index in [-0.39, 0.29) is 16.5 Å². The molecule has 3 aromatic rings. The fourth-order valence-corrected chi connectivity index (χ4v) is 4.00. The lowest BCUT2D eigenvalue weighted by molar-refractivity contribution is -0.117. The number of primary sulfonamides is 1. The third-order valence-corrected chi connectivity index (χ3v) is 5.86. The molecule has 1 aliphatic rings. The van der Waals surface area contributed by atoms with Crippen LogP contribution in [0.5, 0.6) is 0 Å². The van der Waals surface area contributed by atoms with Gasteiger partial charge in [0, 0.05) is 5.56 Å². The van der Waals surface area contributed by atoms with Gasteiger partial charge in [0.15, 0.2) is 0 Å². The minimum absolute atomic E-state index is 0.151. The number of aryl methyl sites for hydroxylation is 1. The first-order valence-electron chi connectivity index (χ1n) is 9.18. The molecule has 2 amide bonds. The van der Waals surface area contributed by atoms with Gasteiger partial charge in [-0.25, -0.2) is 13.6 Å². The zero-order valence-corrected chi connectivity index (χ0v) is 16.9. The minimum atomic E-state index is -3.97. The number of carbonyl (C=O) groups is 2. The van der Waals surface area contributed by atoms with E-state index in [1.165, 1.54) is 23.1 Å². The second-order valence-electron chi connectivity index (χ2n) is 7.07. The Morgan fingerprint density at radius 2 is 1.67 bits per heavy atom. The number of nitrogens with zero attached hydrogens (tertiary/aromatic N) is 1. The number of anilines is 2. The molecule has 8 heteroatoms. The SMILES string of the molecule is Cc1ccc(C(=O)N2c3ccc(S(N)(=O)=O)cc3NC(=O)C2c2ccccc2)cc1. The van der Waals surface area contributed by atoms with Gasteiger partial charge in [-0.15, -0.1) is 0 Å². The number of hydrogen-bond acceptors (Lipinski definition) is 4. The number of nitrogens with one attached hydrogen (secondary N) is 1. The molecule has 1 unspecified atom stereocenters. The molecule has 0 saturated heterocycles. The van der Waals surface area contributed by atoms with Crippen molar-refractivity contribution in [2.75, 3.05) is 10.2 Å². The summed E-state index contributed by atoms with van der Waals surface area (Å²) in [7, 11) is -3.97. The number of benzene rings is 3. The maximum atomic E-state index is 13.5. The average molecular weight is 421 g/mol. The number of hydrogen-bond donors (Lipinski definition) is 2. The van der Waals surface area contributed by atoms with Crippen LogP contribution in [0.4, 0.5) is 11.4 Å². The van der Waals surface area contributed by atoms with E-state index in [9.17, 15) is 18.0 Å². The van der Waals surface area contributed by atoms with Crippen molar-refractivity contribution in [2.24, 2.45) is 5.14 Å². The Morgan fingerprint density at radius 1 is 1.00 bits per heavy atom. The van der Waals surface area contributed by atoms with Gasteiger partial charge in [0.25, 0.3) is 11.8 Å². The molecule has 7 nitrogen and oxygen atoms in total. The Labute approximate surface area is 174 Å². The zero-order chi connectivity index (χ0) is 21.5. The zero-order valence-electron chi connectivity index (χ0n) is 16.1. The van der Waals surface area contributed by atoms with Crippen LogP contribution in [-0.2, 0) is 14.8 Å². The van der Waals surface area contributed by atoms with Crippen LogP contribution in [-0.4, -0.2) is 20.2 Å². The molecule has 4 rings (SSSR count). The van der Waals surface area contributed by atoms with Crippen molar-refractivity contribution < 1.29 is 18.0 Å². The van der Waals surface area contributed by atoms with Gasteiger partial charge in [0.2, 0.25) is 10.0 Å². The highest BCUT2D eigenvalue weighted by Crippen LogP contribution is 2.40. The van der Waals surface area contributed by atoms with Gasteiger partial charge < -0.3 is 5.32 Å². The summed E-state index contributed by atoms with van der Waals surface area (Å²) < 4.78 is 23.5. The fraction of sp³-hybridized carbons (Fsp3) is 0.0909. The lowest BCUT2D eigenvalue weighted by Gasteiger charge is -2.37. The predicted octanol–water partition coefficient (Wildman–Crippen LogP) is 2.98. The summed E-state index contributed by atoms with van der Waals surface area (Å²) in [5, 5.41) is 7.94. The van der Waals surface area contributed by atoms with Crippen molar-refractivity contribution in [1.82, 2.24) is 0 Å². The van der Waals surface area contributed by atoms with Crippen molar-refractivity contribution in [3.8, 4) is 0 Å². The van der Waals surface area contributed by atoms with E-state index in [4.69, 9.17) is 5.14 Å². The van der Waals surface area contributed by atoms with Crippen LogP contribution >= 0.6 is 0 Å². The highest BCUT2D eigenvalue weighted by Gasteiger charge is 2.38. The van der Waals surface area contributed by atoms with Crippen LogP contribution in [0, 0.1) is 6.92 Å². The van der Waals surface area contributed by atoms with Crippen LogP contribution in [0.15, 0.2) is 77.7 Å². The van der Waals surface area contributed by atoms with Crippen LogP contribution in [0.25, 0.3) is 0 Å². The van der Waals surface area contributed by atoms with E-state index < -0.39 is 22.0 Å². The molecular formula is C22H19N3O4S. The molecule has 1 heterocycles. The van der Waals surface area contributed by atoms with Gasteiger partial charge >= 0.3 is 0 Å². The standard InChI is InChI=1S/C22H19N3O4S/c1-14-7-9-16(10-8-14)22(27)25-19-12-11-17(30(23,28)29)13-18(19)24-21(26)20(25)15-5-3-2-4-6-15/h2-13,20H,1H3,(H,24,26)(H2,23,28,29). The maximum Gasteiger partial charge on any atom is 0.259 e. The van der Waals surface area contributed by atoms with Crippen LogP contribution in [0.2, 0.25) is 0 Å². The molecule has 30 heavy (non-hydrogen) atoms. The van der Waals surface area contributed by atoms with Crippen molar-refractivity contribution in [1.29, 1.82) is 0 Å². The summed E-state index contributed by atoms with van der Waals surface area (Å²) in [6, 6.07) is 19.1. The molecule has 0 fully saturated rings. The monoisotopic (exact) mass is 421 g/mol. The van der Waals surface area contributed by atoms with Gasteiger partial charge in [-0.2, -0.15) is 0 Å². The molecule has 0 radical (unpaired) electrons. The maximum absolute atomic E-state index is 13.5. The normalized spacial score (nSPS) is 16.0. The van der Waals surface area contributed by atoms with Gasteiger partial charge in [-0.1, -0.05) is 48.0 Å². The quantitative estimate of drug-likeness (QED) is 0.677. The molecular weight excluding hydrogens is 402 g/mol. The van der Waals surface area contributed by atoms with Crippen molar-refractivity contribution in [3.05, 3.63) is 89.5 Å². The number of rotatable bonds is 3. The number of sulfonamides is 1. The predicted molar refractivity (Wildman–Crippen MR) is 114 cm³/mol. The first-order valence-corrected chi connectivity index (χ1v) is 10.7. The first-order chi connectivity index (χ1) is 14.3. The Bertz CT molecular complexity index is 1240. The van der Waals surface area contributed by atoms with Crippen LogP contribution in [0.1, 0.15) is 27.5 Å². The molecule has 0 bridgehead atoms. The summed E-state index contributed by atoms with van der Waals surface area (Å²) >= 11 is 0. The number of amides is 2. The summed E-state index contributed by atoms with van der Waals surface area (Å²) in [4.78, 5) is 27.8. The Kier molecular flexibility index (Phi) is 4.89. The van der Waals surface area contributed by atoms with Gasteiger partial charge in [0.05, 0.1) is 16.3 Å². The molecule has 0 aromatic heterocycles. The molecule has 0 spiro atoms. The highest BCUT2D eigenvalue weighted by molar-refractivity contribution is 7.89. The number of nitrogens with two attached hydrogens (primary N) is 1. The Hall–Kier alpha value is -3.49. The van der Waals surface area contributed by atoms with Crippen LogP contribution < -0.4 is 15.4 Å². The largest absolute Gasteiger partial charge is 0.322 e. The van der Waals surface area contributed by atoms with Crippen molar-refractivity contribution in [3.63, 3.8) is 0 Å². The van der Waals surface area contributed by atoms with Gasteiger partial charge in [0.1, 0.15) is 6.04 Å². The molecule has 1 atom stereocenters. The highest BCUT2D eigenvalue weighted by atomic mass is 32.2. The molecule has 3 N–H and O–H groups in total. The smallest absolute Gasteiger partial charge is 0.259 e. The number of carbonyl (C=O) groups excluding carboxylic acids is 2. The summed E-state index contributed by atoms with van der Waals surface area (Å²) in [5.41, 5.74) is 2.65. The van der Waals surface area contributed by atoms with E-state index in [1.54, 1.807) is 36.4 Å². The molecule has 0 saturated carbocycles. The van der Waals surface area contributed by atoms with E-state index in [0.717, 1.165) is 5.56 Å². The second kappa shape index (κ2) is 7.40. The van der Waals surface area contributed by atoms with Crippen molar-refractivity contribution in [2.45, 2.75) is 17.9 Å². The lowest BCUT2D eigenvalue weighted by Crippen LogP contribution is -2.45. The summed E-state index contributed by atoms with van der Waals surface area (Å²) in [6.45, 7) is 1.92. The number of fused-ring (bicyclic) bond motifs is 1. The molecule has 3 aromatic carbocycles. The van der Waals surface area contributed by atoms with Gasteiger partial charge in [-0.05, 0) is 42.8 Å². The van der Waals surface area contributed by atoms with E-state index in [2.05, 4.69) is 5.32 Å². The first kappa shape index (κ1) is 19.8. The second-order valence-corrected chi connectivity index (χ2v) is 8.63. The Balaban J connectivity index is 1.90. The van der Waals surface area contributed by atoms with Gasteiger partial charge in [-0.3, -0.25) is 14.5 Å². The van der Waals surface area contributed by atoms with E-state index in [0.29, 0.717) is 16.8 Å². The third-order valence-electron chi connectivity index (χ3n) is 4.95. The minimum Gasteiger partial charge on any atom is -0.322 e. The molecule has 152 valence electrons. The van der Waals surface area contributed by atoms with E-state index >= 15 is 0 Å².